The number of benzene rings is 1. The highest BCUT2D eigenvalue weighted by atomic mass is 17.2. The molecule has 7 nitrogen and oxygen atoms in total. The van der Waals surface area contributed by atoms with Crippen LogP contribution in [-0.4, -0.2) is 23.0 Å². The first kappa shape index (κ1) is 17.5. The minimum absolute atomic E-state index is 0.270. The van der Waals surface area contributed by atoms with Gasteiger partial charge in [0.1, 0.15) is 5.75 Å². The number of rotatable bonds is 6. The van der Waals surface area contributed by atoms with Crippen LogP contribution in [0.1, 0.15) is 25.7 Å². The van der Waals surface area contributed by atoms with Gasteiger partial charge < -0.3 is 9.84 Å². The lowest BCUT2D eigenvalue weighted by atomic mass is 9.82. The van der Waals surface area contributed by atoms with Gasteiger partial charge in [-0.1, -0.05) is 6.58 Å². The van der Waals surface area contributed by atoms with E-state index in [4.69, 9.17) is 14.7 Å². The Morgan fingerprint density at radius 3 is 2.08 bits per heavy atom. The Balaban J connectivity index is 1.83. The maximum atomic E-state index is 12.1. The predicted molar refractivity (Wildman–Crippen MR) is 82.1 cm³/mol. The van der Waals surface area contributed by atoms with Gasteiger partial charge in [0.2, 0.25) is 0 Å². The van der Waals surface area contributed by atoms with Crippen LogP contribution in [0.4, 0.5) is 0 Å². The van der Waals surface area contributed by atoms with Crippen molar-refractivity contribution in [1.82, 2.24) is 0 Å². The fraction of sp³-hybridized carbons (Fsp3) is 0.353. The minimum atomic E-state index is -0.811. The van der Waals surface area contributed by atoms with Gasteiger partial charge >= 0.3 is 17.9 Å². The van der Waals surface area contributed by atoms with Crippen LogP contribution >= 0.6 is 0 Å². The number of ether oxygens (including phenoxy) is 1. The quantitative estimate of drug-likeness (QED) is 0.280. The highest BCUT2D eigenvalue weighted by Gasteiger charge is 2.30. The Morgan fingerprint density at radius 1 is 1.00 bits per heavy atom. The molecule has 1 fully saturated rings. The van der Waals surface area contributed by atoms with Crippen LogP contribution in [0.25, 0.3) is 0 Å². The average molecular weight is 334 g/mol. The molecular formula is C17H18O7. The van der Waals surface area contributed by atoms with Gasteiger partial charge in [-0.3, -0.25) is 14.5 Å². The molecule has 1 aliphatic rings. The number of hydrogen-bond donors (Lipinski definition) is 1. The average Bonchev–Trinajstić information content (AvgIpc) is 2.60. The highest BCUT2D eigenvalue weighted by Crippen LogP contribution is 2.30. The summed E-state index contributed by atoms with van der Waals surface area (Å²) in [7, 11) is 0. The van der Waals surface area contributed by atoms with E-state index >= 15 is 0 Å². The third kappa shape index (κ3) is 4.84. The zero-order valence-electron chi connectivity index (χ0n) is 13.0. The van der Waals surface area contributed by atoms with E-state index in [0.29, 0.717) is 31.4 Å². The van der Waals surface area contributed by atoms with Crippen molar-refractivity contribution in [3.8, 4) is 11.5 Å². The number of carboxylic acid groups (broad SMARTS) is 1. The highest BCUT2D eigenvalue weighted by molar-refractivity contribution is 5.80. The standard InChI is InChI=1S/C17H18O7/c1-2-15(18)24-23-14-9-7-13(8-10-14)22-17(21)12-5-3-11(4-6-12)16(19)20/h2,7-12H,1,3-6H2,(H,19,20). The van der Waals surface area contributed by atoms with Crippen molar-refractivity contribution in [1.29, 1.82) is 0 Å². The van der Waals surface area contributed by atoms with Gasteiger partial charge in [0.05, 0.1) is 11.8 Å². The molecule has 0 saturated heterocycles. The van der Waals surface area contributed by atoms with Crippen LogP contribution in [0.2, 0.25) is 0 Å². The van der Waals surface area contributed by atoms with Crippen molar-refractivity contribution in [2.45, 2.75) is 25.7 Å². The van der Waals surface area contributed by atoms with Crippen LogP contribution in [-0.2, 0) is 19.3 Å². The summed E-state index contributed by atoms with van der Waals surface area (Å²) >= 11 is 0. The molecule has 0 unspecified atom stereocenters. The van der Waals surface area contributed by atoms with E-state index in [-0.39, 0.29) is 23.6 Å². The molecule has 7 heteroatoms. The summed E-state index contributed by atoms with van der Waals surface area (Å²) in [5, 5.41) is 8.95. The summed E-state index contributed by atoms with van der Waals surface area (Å²) < 4.78 is 5.29. The minimum Gasteiger partial charge on any atom is -0.481 e. The molecule has 0 aliphatic heterocycles. The number of esters is 1. The molecule has 2 rings (SSSR count). The number of carbonyl (C=O) groups is 3. The lowest BCUT2D eigenvalue weighted by Gasteiger charge is -2.24. The molecule has 0 heterocycles. The Morgan fingerprint density at radius 2 is 1.54 bits per heavy atom. The Labute approximate surface area is 138 Å². The number of aliphatic carboxylic acids is 1. The molecule has 0 bridgehead atoms. The second-order valence-electron chi connectivity index (χ2n) is 5.47. The van der Waals surface area contributed by atoms with Gasteiger partial charge in [-0.25, -0.2) is 9.68 Å². The summed E-state index contributed by atoms with van der Waals surface area (Å²) in [6.45, 7) is 3.23. The number of hydrogen-bond acceptors (Lipinski definition) is 6. The van der Waals surface area contributed by atoms with Crippen molar-refractivity contribution in [3.05, 3.63) is 36.9 Å². The van der Waals surface area contributed by atoms with Crippen molar-refractivity contribution < 1.29 is 34.0 Å². The molecular weight excluding hydrogens is 316 g/mol. The van der Waals surface area contributed by atoms with E-state index in [1.165, 1.54) is 24.3 Å². The first-order valence-corrected chi connectivity index (χ1v) is 7.55. The molecule has 0 radical (unpaired) electrons. The summed E-state index contributed by atoms with van der Waals surface area (Å²) in [6, 6.07) is 6.00. The van der Waals surface area contributed by atoms with E-state index in [0.717, 1.165) is 6.08 Å². The molecule has 1 aromatic carbocycles. The van der Waals surface area contributed by atoms with Crippen LogP contribution in [0.15, 0.2) is 36.9 Å². The van der Waals surface area contributed by atoms with E-state index in [9.17, 15) is 14.4 Å². The van der Waals surface area contributed by atoms with Crippen molar-refractivity contribution in [2.75, 3.05) is 0 Å². The molecule has 1 N–H and O–H groups in total. The molecule has 1 saturated carbocycles. The Kier molecular flexibility index (Phi) is 5.95. The van der Waals surface area contributed by atoms with Crippen LogP contribution < -0.4 is 9.62 Å². The van der Waals surface area contributed by atoms with E-state index in [1.807, 2.05) is 0 Å². The zero-order valence-corrected chi connectivity index (χ0v) is 13.0. The molecule has 0 aromatic heterocycles. The topological polar surface area (TPSA) is 99.1 Å². The third-order valence-corrected chi connectivity index (χ3v) is 3.84. The van der Waals surface area contributed by atoms with Crippen LogP contribution in [0.3, 0.4) is 0 Å². The first-order chi connectivity index (χ1) is 11.5. The van der Waals surface area contributed by atoms with Crippen molar-refractivity contribution in [2.24, 2.45) is 11.8 Å². The van der Waals surface area contributed by atoms with Gasteiger partial charge in [0, 0.05) is 6.08 Å². The van der Waals surface area contributed by atoms with E-state index in [2.05, 4.69) is 11.5 Å². The number of carbonyl (C=O) groups excluding carboxylic acids is 2. The van der Waals surface area contributed by atoms with Crippen molar-refractivity contribution >= 4 is 17.9 Å². The van der Waals surface area contributed by atoms with Gasteiger partial charge in [0.25, 0.3) is 0 Å². The van der Waals surface area contributed by atoms with E-state index < -0.39 is 11.9 Å². The zero-order chi connectivity index (χ0) is 17.5. The molecule has 1 aromatic rings. The molecule has 24 heavy (non-hydrogen) atoms. The van der Waals surface area contributed by atoms with Crippen LogP contribution in [0.5, 0.6) is 11.5 Å². The monoisotopic (exact) mass is 334 g/mol. The third-order valence-electron chi connectivity index (χ3n) is 3.84. The first-order valence-electron chi connectivity index (χ1n) is 7.55. The van der Waals surface area contributed by atoms with E-state index in [1.54, 1.807) is 0 Å². The maximum Gasteiger partial charge on any atom is 0.378 e. The molecule has 128 valence electrons. The lowest BCUT2D eigenvalue weighted by molar-refractivity contribution is -0.207. The van der Waals surface area contributed by atoms with Crippen molar-refractivity contribution in [3.63, 3.8) is 0 Å². The van der Waals surface area contributed by atoms with Gasteiger partial charge in [-0.2, -0.15) is 0 Å². The predicted octanol–water partition coefficient (Wildman–Crippen LogP) is 2.51. The smallest absolute Gasteiger partial charge is 0.378 e. The number of carboxylic acids is 1. The summed E-state index contributed by atoms with van der Waals surface area (Å²) in [4.78, 5) is 43.0. The normalized spacial score (nSPS) is 19.8. The fourth-order valence-electron chi connectivity index (χ4n) is 2.46. The van der Waals surface area contributed by atoms with Crippen LogP contribution in [0, 0.1) is 11.8 Å². The maximum absolute atomic E-state index is 12.1. The van der Waals surface area contributed by atoms with Gasteiger partial charge in [-0.05, 0) is 49.9 Å². The second kappa shape index (κ2) is 8.14. The SMILES string of the molecule is C=CC(=O)OOc1ccc(OC(=O)C2CCC(C(=O)O)CC2)cc1. The Bertz CT molecular complexity index is 612. The second-order valence-corrected chi connectivity index (χ2v) is 5.47. The fourth-order valence-corrected chi connectivity index (χ4v) is 2.46. The molecule has 1 aliphatic carbocycles. The molecule has 0 amide bonds. The van der Waals surface area contributed by atoms with Gasteiger partial charge in [-0.15, -0.1) is 0 Å². The summed E-state index contributed by atoms with van der Waals surface area (Å²) in [6.07, 6.45) is 2.95. The largest absolute Gasteiger partial charge is 0.481 e. The molecule has 0 atom stereocenters. The Hall–Kier alpha value is -2.83. The lowest BCUT2D eigenvalue weighted by Crippen LogP contribution is -2.28. The summed E-state index contributed by atoms with van der Waals surface area (Å²) in [5.41, 5.74) is 0. The molecule has 0 spiro atoms. The van der Waals surface area contributed by atoms with Gasteiger partial charge in [0.15, 0.2) is 5.75 Å². The summed E-state index contributed by atoms with van der Waals surface area (Å²) in [5.74, 6) is -1.95.